The first kappa shape index (κ1) is 9.63. The quantitative estimate of drug-likeness (QED) is 0.806. The van der Waals surface area contributed by atoms with Gasteiger partial charge in [-0.05, 0) is 23.3 Å². The van der Waals surface area contributed by atoms with E-state index in [1.54, 1.807) is 18.4 Å². The maximum atomic E-state index is 10.2. The number of rotatable bonds is 2. The van der Waals surface area contributed by atoms with Crippen LogP contribution in [-0.4, -0.2) is 5.11 Å². The Morgan fingerprint density at radius 2 is 2.12 bits per heavy atom. The molecule has 0 amide bonds. The van der Waals surface area contributed by atoms with E-state index in [2.05, 4.69) is 11.4 Å². The third-order valence-corrected chi connectivity index (χ3v) is 3.05. The van der Waals surface area contributed by atoms with Crippen LogP contribution >= 0.6 is 0 Å². The SMILES string of the molecule is OC(c1ccco1)C1NCc2ccccc21. The highest BCUT2D eigenvalue weighted by Gasteiger charge is 2.30. The van der Waals surface area contributed by atoms with Crippen molar-refractivity contribution in [3.63, 3.8) is 0 Å². The van der Waals surface area contributed by atoms with Crippen LogP contribution in [0.25, 0.3) is 0 Å². The van der Waals surface area contributed by atoms with Gasteiger partial charge >= 0.3 is 0 Å². The van der Waals surface area contributed by atoms with Crippen molar-refractivity contribution in [1.29, 1.82) is 0 Å². The first-order valence-electron chi connectivity index (χ1n) is 5.39. The van der Waals surface area contributed by atoms with Crippen LogP contribution < -0.4 is 5.32 Å². The molecular formula is C13H13NO2. The van der Waals surface area contributed by atoms with Crippen LogP contribution in [0.2, 0.25) is 0 Å². The minimum absolute atomic E-state index is 0.0673. The normalized spacial score (nSPS) is 20.7. The van der Waals surface area contributed by atoms with Crippen LogP contribution in [0.1, 0.15) is 29.0 Å². The van der Waals surface area contributed by atoms with Gasteiger partial charge in [-0.3, -0.25) is 0 Å². The molecule has 3 nitrogen and oxygen atoms in total. The van der Waals surface area contributed by atoms with E-state index in [1.807, 2.05) is 18.2 Å². The number of hydrogen-bond donors (Lipinski definition) is 2. The van der Waals surface area contributed by atoms with Crippen molar-refractivity contribution in [1.82, 2.24) is 5.32 Å². The van der Waals surface area contributed by atoms with Gasteiger partial charge in [-0.1, -0.05) is 24.3 Å². The molecule has 0 spiro atoms. The fourth-order valence-corrected chi connectivity index (χ4v) is 2.23. The molecule has 1 aliphatic heterocycles. The zero-order valence-corrected chi connectivity index (χ0v) is 8.76. The fraction of sp³-hybridized carbons (Fsp3) is 0.231. The van der Waals surface area contributed by atoms with Gasteiger partial charge in [-0.2, -0.15) is 0 Å². The summed E-state index contributed by atoms with van der Waals surface area (Å²) in [4.78, 5) is 0. The molecule has 2 N–H and O–H groups in total. The highest BCUT2D eigenvalue weighted by molar-refractivity contribution is 5.35. The Labute approximate surface area is 93.7 Å². The van der Waals surface area contributed by atoms with E-state index >= 15 is 0 Å². The molecule has 82 valence electrons. The molecule has 2 unspecified atom stereocenters. The lowest BCUT2D eigenvalue weighted by Crippen LogP contribution is -2.19. The summed E-state index contributed by atoms with van der Waals surface area (Å²) in [6.07, 6.45) is 0.956. The highest BCUT2D eigenvalue weighted by atomic mass is 16.4. The molecule has 0 saturated heterocycles. The first-order chi connectivity index (χ1) is 7.86. The van der Waals surface area contributed by atoms with Crippen molar-refractivity contribution in [3.05, 3.63) is 59.5 Å². The lowest BCUT2D eigenvalue weighted by Gasteiger charge is -2.17. The number of fused-ring (bicyclic) bond motifs is 1. The smallest absolute Gasteiger partial charge is 0.134 e. The molecule has 1 aromatic heterocycles. The van der Waals surface area contributed by atoms with Crippen LogP contribution in [0, 0.1) is 0 Å². The summed E-state index contributed by atoms with van der Waals surface area (Å²) in [5, 5.41) is 13.5. The molecule has 1 aliphatic rings. The second-order valence-electron chi connectivity index (χ2n) is 4.02. The number of furan rings is 1. The maximum absolute atomic E-state index is 10.2. The van der Waals surface area contributed by atoms with Gasteiger partial charge in [0.2, 0.25) is 0 Å². The largest absolute Gasteiger partial charge is 0.467 e. The second-order valence-corrected chi connectivity index (χ2v) is 4.02. The summed E-state index contributed by atoms with van der Waals surface area (Å²) in [6, 6.07) is 11.7. The molecule has 0 saturated carbocycles. The monoisotopic (exact) mass is 215 g/mol. The summed E-state index contributed by atoms with van der Waals surface area (Å²) in [7, 11) is 0. The van der Waals surface area contributed by atoms with E-state index in [0.717, 1.165) is 12.1 Å². The number of aliphatic hydroxyl groups excluding tert-OH is 1. The lowest BCUT2D eigenvalue weighted by atomic mass is 9.99. The predicted molar refractivity (Wildman–Crippen MR) is 59.7 cm³/mol. The van der Waals surface area contributed by atoms with Gasteiger partial charge in [0, 0.05) is 6.54 Å². The molecule has 2 atom stereocenters. The molecule has 3 rings (SSSR count). The third kappa shape index (κ3) is 1.45. The standard InChI is InChI=1S/C13H13NO2/c15-13(11-6-3-7-16-11)12-10-5-2-1-4-9(10)8-14-12/h1-7,12-15H,8H2. The van der Waals surface area contributed by atoms with E-state index in [0.29, 0.717) is 5.76 Å². The molecule has 0 bridgehead atoms. The zero-order chi connectivity index (χ0) is 11.0. The van der Waals surface area contributed by atoms with Crippen molar-refractivity contribution >= 4 is 0 Å². The summed E-state index contributed by atoms with van der Waals surface area (Å²) >= 11 is 0. The predicted octanol–water partition coefficient (Wildman–Crippen LogP) is 2.16. The molecule has 2 aromatic rings. The Morgan fingerprint density at radius 3 is 2.94 bits per heavy atom. The van der Waals surface area contributed by atoms with Gasteiger partial charge in [0.25, 0.3) is 0 Å². The maximum Gasteiger partial charge on any atom is 0.134 e. The molecule has 16 heavy (non-hydrogen) atoms. The zero-order valence-electron chi connectivity index (χ0n) is 8.76. The minimum Gasteiger partial charge on any atom is -0.467 e. The Hall–Kier alpha value is -1.58. The van der Waals surface area contributed by atoms with Crippen molar-refractivity contribution in [2.75, 3.05) is 0 Å². The molecular weight excluding hydrogens is 202 g/mol. The van der Waals surface area contributed by atoms with Crippen LogP contribution in [0.3, 0.4) is 0 Å². The van der Waals surface area contributed by atoms with E-state index in [9.17, 15) is 5.11 Å². The lowest BCUT2D eigenvalue weighted by molar-refractivity contribution is 0.109. The van der Waals surface area contributed by atoms with Crippen LogP contribution in [0.15, 0.2) is 47.1 Å². The average Bonchev–Trinajstić information content (AvgIpc) is 2.98. The summed E-state index contributed by atoms with van der Waals surface area (Å²) in [5.74, 6) is 0.606. The Kier molecular flexibility index (Phi) is 2.27. The molecule has 2 heterocycles. The Morgan fingerprint density at radius 1 is 1.25 bits per heavy atom. The van der Waals surface area contributed by atoms with Gasteiger partial charge < -0.3 is 14.8 Å². The van der Waals surface area contributed by atoms with E-state index in [4.69, 9.17) is 4.42 Å². The minimum atomic E-state index is -0.626. The van der Waals surface area contributed by atoms with Crippen LogP contribution in [0.5, 0.6) is 0 Å². The summed E-state index contributed by atoms with van der Waals surface area (Å²) in [5.41, 5.74) is 2.41. The van der Waals surface area contributed by atoms with Crippen molar-refractivity contribution in [2.24, 2.45) is 0 Å². The van der Waals surface area contributed by atoms with E-state index in [1.165, 1.54) is 5.56 Å². The first-order valence-corrected chi connectivity index (χ1v) is 5.39. The van der Waals surface area contributed by atoms with Gasteiger partial charge in [0.15, 0.2) is 0 Å². The van der Waals surface area contributed by atoms with Gasteiger partial charge in [0.05, 0.1) is 12.3 Å². The highest BCUT2D eigenvalue weighted by Crippen LogP contribution is 2.34. The number of aliphatic hydroxyl groups is 1. The van der Waals surface area contributed by atoms with Crippen molar-refractivity contribution in [2.45, 2.75) is 18.7 Å². The van der Waals surface area contributed by atoms with Gasteiger partial charge in [0.1, 0.15) is 11.9 Å². The van der Waals surface area contributed by atoms with Crippen LogP contribution in [0.4, 0.5) is 0 Å². The molecule has 1 aromatic carbocycles. The van der Waals surface area contributed by atoms with Gasteiger partial charge in [-0.25, -0.2) is 0 Å². The number of benzene rings is 1. The summed E-state index contributed by atoms with van der Waals surface area (Å²) < 4.78 is 5.23. The van der Waals surface area contributed by atoms with Gasteiger partial charge in [-0.15, -0.1) is 0 Å². The molecule has 3 heteroatoms. The average molecular weight is 215 g/mol. The molecule has 0 fully saturated rings. The second kappa shape index (κ2) is 3.77. The topological polar surface area (TPSA) is 45.4 Å². The van der Waals surface area contributed by atoms with E-state index < -0.39 is 6.10 Å². The summed E-state index contributed by atoms with van der Waals surface area (Å²) in [6.45, 7) is 0.804. The van der Waals surface area contributed by atoms with Crippen molar-refractivity contribution in [3.8, 4) is 0 Å². The van der Waals surface area contributed by atoms with Crippen LogP contribution in [-0.2, 0) is 6.54 Å². The Bertz CT molecular complexity index is 478. The number of hydrogen-bond acceptors (Lipinski definition) is 3. The van der Waals surface area contributed by atoms with Crippen molar-refractivity contribution < 1.29 is 9.52 Å². The molecule has 0 radical (unpaired) electrons. The third-order valence-electron chi connectivity index (χ3n) is 3.05. The fourth-order valence-electron chi connectivity index (χ4n) is 2.23. The Balaban J connectivity index is 1.93. The number of nitrogens with one attached hydrogen (secondary N) is 1. The van der Waals surface area contributed by atoms with E-state index in [-0.39, 0.29) is 6.04 Å². The molecule has 0 aliphatic carbocycles.